The van der Waals surface area contributed by atoms with E-state index < -0.39 is 0 Å². The van der Waals surface area contributed by atoms with Crippen LogP contribution in [-0.2, 0) is 0 Å². The molecule has 0 aliphatic rings. The average Bonchev–Trinajstić information content (AvgIpc) is 2.42. The van der Waals surface area contributed by atoms with E-state index in [2.05, 4.69) is 12.3 Å². The smallest absolute Gasteiger partial charge is 0.168 e. The van der Waals surface area contributed by atoms with Gasteiger partial charge in [-0.25, -0.2) is 0 Å². The van der Waals surface area contributed by atoms with Gasteiger partial charge in [0.15, 0.2) is 11.5 Å². The zero-order valence-corrected chi connectivity index (χ0v) is 10.1. The molecule has 3 nitrogen and oxygen atoms in total. The van der Waals surface area contributed by atoms with Crippen molar-refractivity contribution in [3.8, 4) is 11.5 Å². The summed E-state index contributed by atoms with van der Waals surface area (Å²) in [5, 5.41) is 0. The van der Waals surface area contributed by atoms with E-state index in [0.29, 0.717) is 17.1 Å². The van der Waals surface area contributed by atoms with Crippen LogP contribution in [0.3, 0.4) is 0 Å². The molecule has 0 saturated carbocycles. The van der Waals surface area contributed by atoms with Gasteiger partial charge in [0.05, 0.1) is 13.4 Å². The molecule has 0 amide bonds. The van der Waals surface area contributed by atoms with Crippen LogP contribution in [0.15, 0.2) is 61.1 Å². The summed E-state index contributed by atoms with van der Waals surface area (Å²) in [5.74, 6) is 1.06. The lowest BCUT2D eigenvalue weighted by atomic mass is 10.2. The van der Waals surface area contributed by atoms with Crippen LogP contribution >= 0.6 is 0 Å². The summed E-state index contributed by atoms with van der Waals surface area (Å²) in [7, 11) is 1.52. The fourth-order valence-corrected chi connectivity index (χ4v) is 1.20. The third-order valence-corrected chi connectivity index (χ3v) is 2.03. The zero-order chi connectivity index (χ0) is 13.2. The molecule has 0 saturated heterocycles. The maximum absolute atomic E-state index is 10.6. The molecule has 0 spiro atoms. The summed E-state index contributed by atoms with van der Waals surface area (Å²) in [6.07, 6.45) is 9.24. The molecule has 1 aromatic carbocycles. The van der Waals surface area contributed by atoms with Crippen molar-refractivity contribution < 1.29 is 14.3 Å². The molecule has 0 atom stereocenters. The Morgan fingerprint density at radius 2 is 2.06 bits per heavy atom. The van der Waals surface area contributed by atoms with E-state index in [0.717, 1.165) is 6.29 Å². The summed E-state index contributed by atoms with van der Waals surface area (Å²) in [5.41, 5.74) is 3.16. The lowest BCUT2D eigenvalue weighted by Crippen LogP contribution is -1.91. The van der Waals surface area contributed by atoms with Crippen LogP contribution in [0.1, 0.15) is 10.4 Å². The lowest BCUT2D eigenvalue weighted by molar-refractivity contribution is 0.112. The Balaban J connectivity index is 2.72. The Bertz CT molecular complexity index is 506. The first kappa shape index (κ1) is 13.6. The van der Waals surface area contributed by atoms with E-state index in [9.17, 15) is 4.79 Å². The molecule has 0 N–H and O–H groups in total. The van der Waals surface area contributed by atoms with Crippen molar-refractivity contribution in [1.29, 1.82) is 0 Å². The molecule has 3 heteroatoms. The monoisotopic (exact) mass is 242 g/mol. The standard InChI is InChI=1S/C15H14O3/c1-3-4-5-6-7-10-18-14-9-8-13(12-16)11-15(14)17-2/h4-12H,1H2,2H3/b6-5-,10-7-. The minimum absolute atomic E-state index is 0.513. The molecule has 92 valence electrons. The lowest BCUT2D eigenvalue weighted by Gasteiger charge is -2.07. The Hall–Kier alpha value is -2.51. The second kappa shape index (κ2) is 7.71. The highest BCUT2D eigenvalue weighted by Crippen LogP contribution is 2.27. The number of hydrogen-bond acceptors (Lipinski definition) is 3. The normalized spacial score (nSPS) is 10.3. The number of benzene rings is 1. The number of hydrogen-bond donors (Lipinski definition) is 0. The Kier molecular flexibility index (Phi) is 5.81. The first-order chi connectivity index (χ1) is 8.81. The fourth-order valence-electron chi connectivity index (χ4n) is 1.20. The van der Waals surface area contributed by atoms with Crippen molar-refractivity contribution in [1.82, 2.24) is 0 Å². The predicted octanol–water partition coefficient (Wildman–Crippen LogP) is 3.30. The van der Waals surface area contributed by atoms with E-state index in [-0.39, 0.29) is 0 Å². The minimum Gasteiger partial charge on any atom is -0.493 e. The molecule has 0 aliphatic carbocycles. The number of carbonyl (C=O) groups is 1. The first-order valence-corrected chi connectivity index (χ1v) is 5.29. The molecule has 0 unspecified atom stereocenters. The van der Waals surface area contributed by atoms with Crippen molar-refractivity contribution in [3.05, 3.63) is 66.6 Å². The van der Waals surface area contributed by atoms with E-state index >= 15 is 0 Å². The molecule has 0 fully saturated rings. The largest absolute Gasteiger partial charge is 0.493 e. The van der Waals surface area contributed by atoms with Crippen molar-refractivity contribution in [3.63, 3.8) is 0 Å². The quantitative estimate of drug-likeness (QED) is 0.332. The Morgan fingerprint density at radius 3 is 2.72 bits per heavy atom. The topological polar surface area (TPSA) is 35.5 Å². The van der Waals surface area contributed by atoms with Crippen LogP contribution in [0.2, 0.25) is 0 Å². The van der Waals surface area contributed by atoms with Gasteiger partial charge in [-0.15, -0.1) is 5.73 Å². The SMILES string of the molecule is C=C=C/C=C\C=C/Oc1ccc(C=O)cc1OC. The number of aldehydes is 1. The average molecular weight is 242 g/mol. The van der Waals surface area contributed by atoms with Gasteiger partial charge >= 0.3 is 0 Å². The summed E-state index contributed by atoms with van der Waals surface area (Å²) in [6.45, 7) is 3.43. The molecular weight excluding hydrogens is 228 g/mol. The molecule has 1 rings (SSSR count). The molecule has 0 heterocycles. The maximum Gasteiger partial charge on any atom is 0.168 e. The maximum atomic E-state index is 10.6. The van der Waals surface area contributed by atoms with Crippen molar-refractivity contribution in [2.75, 3.05) is 7.11 Å². The van der Waals surface area contributed by atoms with Gasteiger partial charge in [0.25, 0.3) is 0 Å². The van der Waals surface area contributed by atoms with E-state index in [1.165, 1.54) is 13.4 Å². The Morgan fingerprint density at radius 1 is 1.22 bits per heavy atom. The zero-order valence-electron chi connectivity index (χ0n) is 10.1. The molecule has 0 bridgehead atoms. The van der Waals surface area contributed by atoms with Crippen molar-refractivity contribution in [2.45, 2.75) is 0 Å². The van der Waals surface area contributed by atoms with Crippen LogP contribution in [0.4, 0.5) is 0 Å². The van der Waals surface area contributed by atoms with Crippen molar-refractivity contribution in [2.24, 2.45) is 0 Å². The van der Waals surface area contributed by atoms with E-state index in [4.69, 9.17) is 9.47 Å². The molecule has 18 heavy (non-hydrogen) atoms. The van der Waals surface area contributed by atoms with Crippen LogP contribution < -0.4 is 9.47 Å². The third-order valence-electron chi connectivity index (χ3n) is 2.03. The second-order valence-electron chi connectivity index (χ2n) is 3.23. The number of ether oxygens (including phenoxy) is 2. The van der Waals surface area contributed by atoms with Gasteiger partial charge in [-0.3, -0.25) is 4.79 Å². The van der Waals surface area contributed by atoms with Gasteiger partial charge in [-0.2, -0.15) is 0 Å². The van der Waals surface area contributed by atoms with Crippen LogP contribution in [0.5, 0.6) is 11.5 Å². The van der Waals surface area contributed by atoms with Crippen molar-refractivity contribution >= 4 is 6.29 Å². The molecule has 0 aromatic heterocycles. The van der Waals surface area contributed by atoms with Crippen LogP contribution in [0, 0.1) is 0 Å². The highest BCUT2D eigenvalue weighted by molar-refractivity contribution is 5.76. The summed E-state index contributed by atoms with van der Waals surface area (Å²) in [4.78, 5) is 10.6. The van der Waals surface area contributed by atoms with Gasteiger partial charge in [0.1, 0.15) is 6.29 Å². The second-order valence-corrected chi connectivity index (χ2v) is 3.23. The fraction of sp³-hybridized carbons (Fsp3) is 0.0667. The predicted molar refractivity (Wildman–Crippen MR) is 71.0 cm³/mol. The molecule has 0 radical (unpaired) electrons. The molecular formula is C15H14O3. The van der Waals surface area contributed by atoms with Crippen LogP contribution in [0.25, 0.3) is 0 Å². The third kappa shape index (κ3) is 4.16. The van der Waals surface area contributed by atoms with Gasteiger partial charge in [0, 0.05) is 5.56 Å². The Labute approximate surface area is 106 Å². The summed E-state index contributed by atoms with van der Waals surface area (Å²) in [6, 6.07) is 4.96. The number of allylic oxidation sites excluding steroid dienone is 4. The number of methoxy groups -OCH3 is 1. The van der Waals surface area contributed by atoms with Gasteiger partial charge in [0.2, 0.25) is 0 Å². The van der Waals surface area contributed by atoms with Crippen LogP contribution in [-0.4, -0.2) is 13.4 Å². The minimum atomic E-state index is 0.513. The molecule has 1 aromatic rings. The highest BCUT2D eigenvalue weighted by atomic mass is 16.5. The van der Waals surface area contributed by atoms with E-state index in [1.54, 1.807) is 42.5 Å². The van der Waals surface area contributed by atoms with Gasteiger partial charge in [-0.05, 0) is 30.4 Å². The summed E-state index contributed by atoms with van der Waals surface area (Å²) >= 11 is 0. The highest BCUT2D eigenvalue weighted by Gasteiger charge is 2.03. The molecule has 0 aliphatic heterocycles. The van der Waals surface area contributed by atoms with Gasteiger partial charge < -0.3 is 9.47 Å². The summed E-state index contributed by atoms with van der Waals surface area (Å²) < 4.78 is 10.5. The van der Waals surface area contributed by atoms with E-state index in [1.807, 2.05) is 0 Å². The number of rotatable bonds is 6. The van der Waals surface area contributed by atoms with Gasteiger partial charge in [-0.1, -0.05) is 18.7 Å². The number of carbonyl (C=O) groups excluding carboxylic acids is 1. The first-order valence-electron chi connectivity index (χ1n) is 5.29.